The number of carbonyl (C=O) groups is 3. The molecular formula is C21H26F4N2O4. The maximum atomic E-state index is 13.8. The number of halogens is 4. The summed E-state index contributed by atoms with van der Waals surface area (Å²) in [6.07, 6.45) is 0.617. The molecule has 0 saturated carbocycles. The summed E-state index contributed by atoms with van der Waals surface area (Å²) in [4.78, 5) is 37.1. The van der Waals surface area contributed by atoms with Crippen LogP contribution in [-0.4, -0.2) is 36.7 Å². The summed E-state index contributed by atoms with van der Waals surface area (Å²) in [7, 11) is 0. The van der Waals surface area contributed by atoms with E-state index in [1.807, 2.05) is 13.8 Å². The summed E-state index contributed by atoms with van der Waals surface area (Å²) in [6, 6.07) is -0.781. The van der Waals surface area contributed by atoms with E-state index in [0.29, 0.717) is 19.4 Å². The highest BCUT2D eigenvalue weighted by Gasteiger charge is 2.33. The Balaban J connectivity index is 2.14. The van der Waals surface area contributed by atoms with Crippen LogP contribution in [0.1, 0.15) is 39.5 Å². The van der Waals surface area contributed by atoms with Gasteiger partial charge >= 0.3 is 0 Å². The highest BCUT2D eigenvalue weighted by Crippen LogP contribution is 2.28. The van der Waals surface area contributed by atoms with E-state index in [2.05, 4.69) is 5.32 Å². The number of Topliss-reactive ketones (excluding diaryl/α,β-unsaturated/α-hetero) is 2. The number of hydrogen-bond donors (Lipinski definition) is 2. The van der Waals surface area contributed by atoms with Crippen molar-refractivity contribution in [1.29, 1.82) is 0 Å². The largest absolute Gasteiger partial charge is 0.480 e. The predicted octanol–water partition coefficient (Wildman–Crippen LogP) is 2.67. The Hall–Kier alpha value is -2.49. The van der Waals surface area contributed by atoms with Crippen LogP contribution in [0.25, 0.3) is 0 Å². The third kappa shape index (κ3) is 6.49. The normalized spacial score (nSPS) is 18.1. The summed E-state index contributed by atoms with van der Waals surface area (Å²) in [6.45, 7) is 3.27. The van der Waals surface area contributed by atoms with E-state index in [1.54, 1.807) is 0 Å². The van der Waals surface area contributed by atoms with Gasteiger partial charge in [0, 0.05) is 30.9 Å². The molecule has 1 saturated heterocycles. The second kappa shape index (κ2) is 10.7. The Morgan fingerprint density at radius 1 is 1.16 bits per heavy atom. The number of hydrogen-bond acceptors (Lipinski definition) is 5. The van der Waals surface area contributed by atoms with Crippen molar-refractivity contribution in [1.82, 2.24) is 5.32 Å². The fraction of sp³-hybridized carbons (Fsp3) is 0.571. The zero-order valence-electron chi connectivity index (χ0n) is 17.4. The summed E-state index contributed by atoms with van der Waals surface area (Å²) >= 11 is 0. The van der Waals surface area contributed by atoms with Crippen molar-refractivity contribution in [2.45, 2.75) is 45.6 Å². The zero-order valence-corrected chi connectivity index (χ0v) is 17.4. The molecule has 0 unspecified atom stereocenters. The van der Waals surface area contributed by atoms with Gasteiger partial charge in [0.1, 0.15) is 12.4 Å². The highest BCUT2D eigenvalue weighted by molar-refractivity contribution is 5.91. The number of ketones is 2. The number of nitrogens with two attached hydrogens (primary N) is 1. The first-order valence-corrected chi connectivity index (χ1v) is 10.1. The van der Waals surface area contributed by atoms with Crippen molar-refractivity contribution < 1.29 is 36.7 Å². The van der Waals surface area contributed by atoms with Crippen LogP contribution in [0.5, 0.6) is 5.75 Å². The second-order valence-electron chi connectivity index (χ2n) is 8.17. The van der Waals surface area contributed by atoms with E-state index in [4.69, 9.17) is 10.5 Å². The minimum Gasteiger partial charge on any atom is -0.480 e. The lowest BCUT2D eigenvalue weighted by molar-refractivity contribution is -0.131. The average Bonchev–Trinajstić information content (AvgIpc) is 3.09. The Labute approximate surface area is 177 Å². The first kappa shape index (κ1) is 24.8. The molecule has 3 N–H and O–H groups in total. The number of benzene rings is 1. The fourth-order valence-electron chi connectivity index (χ4n) is 3.51. The third-order valence-corrected chi connectivity index (χ3v) is 5.20. The fourth-order valence-corrected chi connectivity index (χ4v) is 3.51. The lowest BCUT2D eigenvalue weighted by Gasteiger charge is -2.21. The highest BCUT2D eigenvalue weighted by atomic mass is 19.2. The number of nitrogens with one attached hydrogen (secondary N) is 1. The molecule has 0 spiro atoms. The Bertz CT molecular complexity index is 821. The Kier molecular flexibility index (Phi) is 8.55. The predicted molar refractivity (Wildman–Crippen MR) is 103 cm³/mol. The number of carbonyl (C=O) groups excluding carboxylic acids is 3. The van der Waals surface area contributed by atoms with Gasteiger partial charge in [-0.2, -0.15) is 8.78 Å². The lowest BCUT2D eigenvalue weighted by Crippen LogP contribution is -2.36. The summed E-state index contributed by atoms with van der Waals surface area (Å²) in [5.41, 5.74) is 5.89. The minimum atomic E-state index is -1.77. The molecule has 1 aromatic carbocycles. The maximum absolute atomic E-state index is 13.8. The van der Waals surface area contributed by atoms with E-state index in [0.717, 1.165) is 0 Å². The van der Waals surface area contributed by atoms with Gasteiger partial charge in [-0.3, -0.25) is 14.4 Å². The molecule has 6 nitrogen and oxygen atoms in total. The molecule has 3 atom stereocenters. The Morgan fingerprint density at radius 2 is 1.77 bits per heavy atom. The van der Waals surface area contributed by atoms with Crippen LogP contribution in [-0.2, 0) is 14.4 Å². The van der Waals surface area contributed by atoms with Crippen molar-refractivity contribution in [2.24, 2.45) is 23.5 Å². The first-order valence-electron chi connectivity index (χ1n) is 10.1. The topological polar surface area (TPSA) is 98.5 Å². The molecular weight excluding hydrogens is 420 g/mol. The van der Waals surface area contributed by atoms with Gasteiger partial charge in [0.2, 0.25) is 17.5 Å². The van der Waals surface area contributed by atoms with Crippen LogP contribution < -0.4 is 15.8 Å². The van der Waals surface area contributed by atoms with Crippen molar-refractivity contribution in [3.05, 3.63) is 29.3 Å². The van der Waals surface area contributed by atoms with Gasteiger partial charge in [-0.05, 0) is 25.2 Å². The molecule has 2 rings (SSSR count). The Morgan fingerprint density at radius 3 is 2.29 bits per heavy atom. The lowest BCUT2D eigenvalue weighted by atomic mass is 9.85. The van der Waals surface area contributed by atoms with Crippen molar-refractivity contribution in [2.75, 3.05) is 13.2 Å². The molecule has 31 heavy (non-hydrogen) atoms. The molecule has 1 amide bonds. The molecule has 10 heteroatoms. The SMILES string of the molecule is CC(C)C[C@H](N)C(=O)C[C@@H](C[C@@H]1CCNC1=O)C(=O)COc1c(F)c(F)cc(F)c1F. The second-order valence-corrected chi connectivity index (χ2v) is 8.17. The van der Waals surface area contributed by atoms with Gasteiger partial charge < -0.3 is 15.8 Å². The third-order valence-electron chi connectivity index (χ3n) is 5.20. The van der Waals surface area contributed by atoms with Gasteiger partial charge in [-0.1, -0.05) is 13.8 Å². The molecule has 1 aliphatic heterocycles. The molecule has 1 aromatic rings. The van der Waals surface area contributed by atoms with Crippen LogP contribution in [0.4, 0.5) is 17.6 Å². The van der Waals surface area contributed by atoms with Crippen LogP contribution in [0.15, 0.2) is 6.07 Å². The molecule has 0 aliphatic carbocycles. The number of ether oxygens (including phenoxy) is 1. The van der Waals surface area contributed by atoms with Gasteiger partial charge in [0.25, 0.3) is 0 Å². The summed E-state index contributed by atoms with van der Waals surface area (Å²) in [5, 5.41) is 2.63. The van der Waals surface area contributed by atoms with Crippen LogP contribution >= 0.6 is 0 Å². The summed E-state index contributed by atoms with van der Waals surface area (Å²) < 4.78 is 58.9. The van der Waals surface area contributed by atoms with Crippen LogP contribution in [0.3, 0.4) is 0 Å². The van der Waals surface area contributed by atoms with Crippen LogP contribution in [0.2, 0.25) is 0 Å². The van der Waals surface area contributed by atoms with Gasteiger partial charge in [0.15, 0.2) is 23.2 Å². The van der Waals surface area contributed by atoms with E-state index in [1.165, 1.54) is 0 Å². The van der Waals surface area contributed by atoms with Crippen molar-refractivity contribution in [3.8, 4) is 5.75 Å². The summed E-state index contributed by atoms with van der Waals surface area (Å²) in [5.74, 6) is -11.0. The van der Waals surface area contributed by atoms with Gasteiger partial charge in [-0.15, -0.1) is 0 Å². The smallest absolute Gasteiger partial charge is 0.223 e. The molecule has 1 heterocycles. The molecule has 0 aromatic heterocycles. The van der Waals surface area contributed by atoms with Crippen molar-refractivity contribution >= 4 is 17.5 Å². The quantitative estimate of drug-likeness (QED) is 0.402. The molecule has 172 valence electrons. The van der Waals surface area contributed by atoms with E-state index in [9.17, 15) is 31.9 Å². The number of rotatable bonds is 11. The van der Waals surface area contributed by atoms with E-state index in [-0.39, 0.29) is 36.5 Å². The van der Waals surface area contributed by atoms with Gasteiger partial charge in [-0.25, -0.2) is 8.78 Å². The zero-order chi connectivity index (χ0) is 23.3. The van der Waals surface area contributed by atoms with Crippen LogP contribution in [0, 0.1) is 41.0 Å². The van der Waals surface area contributed by atoms with E-state index < -0.39 is 59.3 Å². The minimum absolute atomic E-state index is 0.0234. The van der Waals surface area contributed by atoms with Crippen molar-refractivity contribution in [3.63, 3.8) is 0 Å². The molecule has 0 radical (unpaired) electrons. The average molecular weight is 446 g/mol. The molecule has 0 bridgehead atoms. The monoisotopic (exact) mass is 446 g/mol. The maximum Gasteiger partial charge on any atom is 0.223 e. The number of amides is 1. The molecule has 1 fully saturated rings. The molecule has 1 aliphatic rings. The van der Waals surface area contributed by atoms with Gasteiger partial charge in [0.05, 0.1) is 6.04 Å². The standard InChI is InChI=1S/C21H26F4N2O4/c1-10(2)5-15(26)16(28)7-12(6-11-3-4-27-21(11)30)17(29)9-31-20-18(24)13(22)8-14(23)19(20)25/h8,10-12,15H,3-7,9,26H2,1-2H3,(H,27,30)/t11-,12+,15-/m0/s1. The van der Waals surface area contributed by atoms with E-state index >= 15 is 0 Å². The first-order chi connectivity index (χ1) is 14.5.